The van der Waals surface area contributed by atoms with Crippen molar-refractivity contribution in [3.63, 3.8) is 0 Å². The lowest BCUT2D eigenvalue weighted by Crippen LogP contribution is -2.36. The molecule has 0 saturated carbocycles. The van der Waals surface area contributed by atoms with Crippen LogP contribution in [-0.2, 0) is 9.59 Å². The highest BCUT2D eigenvalue weighted by molar-refractivity contribution is 6.44. The summed E-state index contributed by atoms with van der Waals surface area (Å²) in [5.74, 6) is -0.815. The number of rotatable bonds is 0. The first-order valence-electron chi connectivity index (χ1n) is 2.36. The number of alkyl halides is 1. The first-order valence-corrected chi connectivity index (χ1v) is 2.80. The predicted molar refractivity (Wildman–Crippen MR) is 31.9 cm³/mol. The van der Waals surface area contributed by atoms with Gasteiger partial charge in [-0.2, -0.15) is 0 Å². The van der Waals surface area contributed by atoms with E-state index in [-0.39, 0.29) is 5.78 Å². The first kappa shape index (κ1) is 6.29. The maximum Gasteiger partial charge on any atom is 0.249 e. The monoisotopic (exact) mass is 145 g/mol. The largest absolute Gasteiger partial charge is 0.331 e. The highest BCUT2D eigenvalue weighted by Gasteiger charge is 2.23. The molecule has 0 radical (unpaired) electrons. The minimum absolute atomic E-state index is 0.361. The first-order chi connectivity index (χ1) is 4.22. The normalized spacial score (nSPS) is 26.1. The molecule has 3 nitrogen and oxygen atoms in total. The summed E-state index contributed by atoms with van der Waals surface area (Å²) in [6.07, 6.45) is 2.52. The third-order valence-electron chi connectivity index (χ3n) is 0.953. The Hall–Kier alpha value is -0.830. The highest BCUT2D eigenvalue weighted by atomic mass is 35.5. The van der Waals surface area contributed by atoms with E-state index in [2.05, 4.69) is 5.32 Å². The van der Waals surface area contributed by atoms with Gasteiger partial charge in [-0.25, -0.2) is 0 Å². The zero-order chi connectivity index (χ0) is 6.85. The summed E-state index contributed by atoms with van der Waals surface area (Å²) in [6.45, 7) is 0. The van der Waals surface area contributed by atoms with Crippen molar-refractivity contribution in [3.8, 4) is 0 Å². The molecule has 1 aliphatic heterocycles. The molecular weight excluding hydrogens is 142 g/mol. The Balaban J connectivity index is 2.81. The molecule has 0 bridgehead atoms. The Kier molecular flexibility index (Phi) is 1.53. The van der Waals surface area contributed by atoms with Crippen LogP contribution in [0.4, 0.5) is 0 Å². The van der Waals surface area contributed by atoms with Crippen molar-refractivity contribution in [3.05, 3.63) is 12.3 Å². The van der Waals surface area contributed by atoms with E-state index in [1.807, 2.05) is 0 Å². The number of carbonyl (C=O) groups excluding carboxylic acids is 2. The van der Waals surface area contributed by atoms with Gasteiger partial charge in [0, 0.05) is 6.20 Å². The van der Waals surface area contributed by atoms with Gasteiger partial charge in [-0.15, -0.1) is 11.6 Å². The van der Waals surface area contributed by atoms with Crippen LogP contribution in [0.5, 0.6) is 0 Å². The molecule has 4 heteroatoms. The van der Waals surface area contributed by atoms with E-state index in [0.29, 0.717) is 0 Å². The van der Waals surface area contributed by atoms with Crippen molar-refractivity contribution in [2.45, 2.75) is 5.38 Å². The van der Waals surface area contributed by atoms with Gasteiger partial charge in [0.1, 0.15) is 0 Å². The van der Waals surface area contributed by atoms with E-state index in [4.69, 9.17) is 11.6 Å². The highest BCUT2D eigenvalue weighted by Crippen LogP contribution is 2.02. The van der Waals surface area contributed by atoms with Gasteiger partial charge in [0.25, 0.3) is 0 Å². The van der Waals surface area contributed by atoms with E-state index in [1.54, 1.807) is 0 Å². The van der Waals surface area contributed by atoms with E-state index in [0.717, 1.165) is 0 Å². The molecule has 0 aromatic rings. The zero-order valence-corrected chi connectivity index (χ0v) is 5.18. The van der Waals surface area contributed by atoms with Gasteiger partial charge in [-0.3, -0.25) is 9.59 Å². The smallest absolute Gasteiger partial charge is 0.249 e. The molecule has 1 N–H and O–H groups in total. The molecule has 9 heavy (non-hydrogen) atoms. The molecule has 48 valence electrons. The molecule has 0 saturated heterocycles. The number of amides is 1. The number of allylic oxidation sites excluding steroid dienone is 1. The van der Waals surface area contributed by atoms with Gasteiger partial charge >= 0.3 is 0 Å². The number of halogens is 1. The summed E-state index contributed by atoms with van der Waals surface area (Å²) in [7, 11) is 0. The molecule has 0 aromatic heterocycles. The SMILES string of the molecule is O=C1C=CNC(=O)C1Cl. The molecule has 1 unspecified atom stereocenters. The quantitative estimate of drug-likeness (QED) is 0.379. The third-order valence-corrected chi connectivity index (χ3v) is 1.37. The standard InChI is InChI=1S/C5H4ClNO2/c6-4-3(8)1-2-7-5(4)9/h1-2,4H,(H,7,9). The Morgan fingerprint density at radius 1 is 1.56 bits per heavy atom. The fraction of sp³-hybridized carbons (Fsp3) is 0.200. The summed E-state index contributed by atoms with van der Waals surface area (Å²) in [5.41, 5.74) is 0. The molecule has 1 heterocycles. The van der Waals surface area contributed by atoms with Crippen molar-refractivity contribution in [1.82, 2.24) is 5.32 Å². The van der Waals surface area contributed by atoms with E-state index >= 15 is 0 Å². The summed E-state index contributed by atoms with van der Waals surface area (Å²) >= 11 is 5.30. The lowest BCUT2D eigenvalue weighted by molar-refractivity contribution is -0.125. The fourth-order valence-corrected chi connectivity index (χ4v) is 0.629. The van der Waals surface area contributed by atoms with Crippen LogP contribution in [0.15, 0.2) is 12.3 Å². The summed E-state index contributed by atoms with van der Waals surface area (Å²) < 4.78 is 0. The minimum atomic E-state index is -1.03. The molecular formula is C5H4ClNO2. The second-order valence-electron chi connectivity index (χ2n) is 1.61. The number of carbonyl (C=O) groups is 2. The van der Waals surface area contributed by atoms with Gasteiger partial charge < -0.3 is 5.32 Å². The zero-order valence-electron chi connectivity index (χ0n) is 4.43. The number of nitrogens with one attached hydrogen (secondary N) is 1. The Bertz CT molecular complexity index is 187. The van der Waals surface area contributed by atoms with Crippen molar-refractivity contribution in [2.24, 2.45) is 0 Å². The molecule has 0 aromatic carbocycles. The third kappa shape index (κ3) is 1.10. The Morgan fingerprint density at radius 2 is 2.22 bits per heavy atom. The molecule has 1 aliphatic rings. The van der Waals surface area contributed by atoms with E-state index in [9.17, 15) is 9.59 Å². The average Bonchev–Trinajstić information content (AvgIpc) is 1.83. The van der Waals surface area contributed by atoms with Gasteiger partial charge in [0.2, 0.25) is 5.91 Å². The van der Waals surface area contributed by atoms with Crippen LogP contribution >= 0.6 is 11.6 Å². The van der Waals surface area contributed by atoms with Gasteiger partial charge in [-0.1, -0.05) is 0 Å². The summed E-state index contributed by atoms with van der Waals surface area (Å²) in [5, 5.41) is 1.26. The van der Waals surface area contributed by atoms with Gasteiger partial charge in [0.15, 0.2) is 11.2 Å². The average molecular weight is 146 g/mol. The van der Waals surface area contributed by atoms with Crippen LogP contribution in [0, 0.1) is 0 Å². The number of hydrogen-bond donors (Lipinski definition) is 1. The second kappa shape index (κ2) is 2.19. The van der Waals surface area contributed by atoms with Gasteiger partial charge in [0.05, 0.1) is 0 Å². The van der Waals surface area contributed by atoms with Crippen LogP contribution in [0.1, 0.15) is 0 Å². The summed E-state index contributed by atoms with van der Waals surface area (Å²) in [6, 6.07) is 0. The molecule has 1 rings (SSSR count). The van der Waals surface area contributed by atoms with Crippen LogP contribution in [0.3, 0.4) is 0 Å². The molecule has 0 spiro atoms. The van der Waals surface area contributed by atoms with Gasteiger partial charge in [-0.05, 0) is 6.08 Å². The number of ketones is 1. The Labute approximate surface area is 56.7 Å². The van der Waals surface area contributed by atoms with E-state index in [1.165, 1.54) is 12.3 Å². The van der Waals surface area contributed by atoms with Crippen molar-refractivity contribution in [1.29, 1.82) is 0 Å². The van der Waals surface area contributed by atoms with Crippen LogP contribution in [0.2, 0.25) is 0 Å². The summed E-state index contributed by atoms with van der Waals surface area (Å²) in [4.78, 5) is 21.0. The maximum atomic E-state index is 10.5. The van der Waals surface area contributed by atoms with Crippen LogP contribution in [0.25, 0.3) is 0 Å². The molecule has 0 aliphatic carbocycles. The van der Waals surface area contributed by atoms with Crippen molar-refractivity contribution >= 4 is 23.3 Å². The molecule has 0 fully saturated rings. The van der Waals surface area contributed by atoms with E-state index < -0.39 is 11.3 Å². The number of hydrogen-bond acceptors (Lipinski definition) is 2. The second-order valence-corrected chi connectivity index (χ2v) is 2.04. The topological polar surface area (TPSA) is 46.2 Å². The van der Waals surface area contributed by atoms with Crippen LogP contribution < -0.4 is 5.32 Å². The maximum absolute atomic E-state index is 10.5. The fourth-order valence-electron chi connectivity index (χ4n) is 0.493. The minimum Gasteiger partial charge on any atom is -0.331 e. The molecule has 1 amide bonds. The molecule has 1 atom stereocenters. The van der Waals surface area contributed by atoms with Crippen LogP contribution in [-0.4, -0.2) is 17.1 Å². The lowest BCUT2D eigenvalue weighted by Gasteiger charge is -2.07. The lowest BCUT2D eigenvalue weighted by atomic mass is 10.2. The Morgan fingerprint density at radius 3 is 2.67 bits per heavy atom. The van der Waals surface area contributed by atoms with Crippen molar-refractivity contribution in [2.75, 3.05) is 0 Å². The van der Waals surface area contributed by atoms with Crippen molar-refractivity contribution < 1.29 is 9.59 Å². The predicted octanol–water partition coefficient (Wildman–Crippen LogP) is -0.194.